The van der Waals surface area contributed by atoms with Crippen LogP contribution in [0.15, 0.2) is 17.1 Å². The van der Waals surface area contributed by atoms with Crippen molar-refractivity contribution < 1.29 is 0 Å². The van der Waals surface area contributed by atoms with E-state index in [1.807, 2.05) is 0 Å². The molecule has 23 heavy (non-hydrogen) atoms. The van der Waals surface area contributed by atoms with Crippen molar-refractivity contribution in [2.75, 3.05) is 7.05 Å². The Kier molecular flexibility index (Phi) is 6.82. The second-order valence-corrected chi connectivity index (χ2v) is 6.81. The molecule has 2 aromatic rings. The molecule has 8 heteroatoms. The number of thiophene rings is 1. The zero-order valence-electron chi connectivity index (χ0n) is 13.5. The number of aryl methyl sites for hydroxylation is 2. The highest BCUT2D eigenvalue weighted by atomic mass is 127. The molecule has 0 amide bonds. The van der Waals surface area contributed by atoms with Gasteiger partial charge < -0.3 is 15.2 Å². The van der Waals surface area contributed by atoms with Crippen LogP contribution in [-0.4, -0.2) is 27.8 Å². The highest BCUT2D eigenvalue weighted by molar-refractivity contribution is 14.0. The van der Waals surface area contributed by atoms with Gasteiger partial charge in [-0.3, -0.25) is 4.99 Å². The van der Waals surface area contributed by atoms with E-state index in [0.717, 1.165) is 37.1 Å². The molecule has 6 nitrogen and oxygen atoms in total. The SMILES string of the molecule is CN=C(NCc1ccc(C)s1)NCc1nnc2n1CCCC2.I. The lowest BCUT2D eigenvalue weighted by Gasteiger charge is -2.16. The van der Waals surface area contributed by atoms with E-state index in [1.165, 1.54) is 22.6 Å². The summed E-state index contributed by atoms with van der Waals surface area (Å²) in [7, 11) is 1.79. The Balaban J connectivity index is 0.00000192. The van der Waals surface area contributed by atoms with Gasteiger partial charge in [-0.15, -0.1) is 45.5 Å². The van der Waals surface area contributed by atoms with Gasteiger partial charge in [0.2, 0.25) is 0 Å². The van der Waals surface area contributed by atoms with Gasteiger partial charge in [-0.05, 0) is 31.9 Å². The zero-order chi connectivity index (χ0) is 15.4. The largest absolute Gasteiger partial charge is 0.352 e. The van der Waals surface area contributed by atoms with Crippen LogP contribution in [0.1, 0.15) is 34.2 Å². The average Bonchev–Trinajstić information content (AvgIpc) is 3.14. The van der Waals surface area contributed by atoms with Crippen molar-refractivity contribution in [3.63, 3.8) is 0 Å². The first-order valence-corrected chi connectivity index (χ1v) is 8.48. The van der Waals surface area contributed by atoms with E-state index in [1.54, 1.807) is 18.4 Å². The number of hydrogen-bond donors (Lipinski definition) is 2. The number of aliphatic imine (C=N–C) groups is 1. The van der Waals surface area contributed by atoms with Gasteiger partial charge >= 0.3 is 0 Å². The van der Waals surface area contributed by atoms with Gasteiger partial charge in [0.25, 0.3) is 0 Å². The average molecular weight is 446 g/mol. The molecule has 126 valence electrons. The molecule has 0 aromatic carbocycles. The van der Waals surface area contributed by atoms with Crippen LogP contribution < -0.4 is 10.6 Å². The van der Waals surface area contributed by atoms with Gasteiger partial charge in [0.05, 0.1) is 13.1 Å². The van der Waals surface area contributed by atoms with Crippen molar-refractivity contribution in [1.29, 1.82) is 0 Å². The molecule has 0 bridgehead atoms. The van der Waals surface area contributed by atoms with E-state index in [-0.39, 0.29) is 24.0 Å². The Hall–Kier alpha value is -1.16. The molecule has 0 fully saturated rings. The van der Waals surface area contributed by atoms with Crippen molar-refractivity contribution in [1.82, 2.24) is 25.4 Å². The minimum Gasteiger partial charge on any atom is -0.352 e. The standard InChI is InChI=1S/C15H22N6S.HI/c1-11-6-7-12(22-11)9-17-15(16-2)18-10-14-20-19-13-5-3-4-8-21(13)14;/h6-7H,3-5,8-10H2,1-2H3,(H2,16,17,18);1H. The fourth-order valence-electron chi connectivity index (χ4n) is 2.63. The number of aromatic nitrogens is 3. The van der Waals surface area contributed by atoms with Crippen LogP contribution in [0, 0.1) is 6.92 Å². The summed E-state index contributed by atoms with van der Waals surface area (Å²) in [5, 5.41) is 15.2. The number of nitrogens with one attached hydrogen (secondary N) is 2. The van der Waals surface area contributed by atoms with E-state index in [9.17, 15) is 0 Å². The molecule has 0 radical (unpaired) electrons. The van der Waals surface area contributed by atoms with Gasteiger partial charge in [0.15, 0.2) is 11.8 Å². The summed E-state index contributed by atoms with van der Waals surface area (Å²) >= 11 is 1.80. The van der Waals surface area contributed by atoms with Gasteiger partial charge in [0, 0.05) is 29.8 Å². The first-order valence-electron chi connectivity index (χ1n) is 7.67. The molecule has 1 aliphatic rings. The third kappa shape index (κ3) is 4.66. The third-order valence-corrected chi connectivity index (χ3v) is 4.80. The first-order chi connectivity index (χ1) is 10.8. The summed E-state index contributed by atoms with van der Waals surface area (Å²) in [5.74, 6) is 2.89. The summed E-state index contributed by atoms with van der Waals surface area (Å²) < 4.78 is 2.23. The normalized spacial score (nSPS) is 14.1. The molecule has 3 heterocycles. The zero-order valence-corrected chi connectivity index (χ0v) is 16.6. The second kappa shape index (κ2) is 8.62. The Labute approximate surface area is 157 Å². The molecular formula is C15H23IN6S. The van der Waals surface area contributed by atoms with Crippen LogP contribution >= 0.6 is 35.3 Å². The van der Waals surface area contributed by atoms with Crippen LogP contribution in [0.3, 0.4) is 0 Å². The van der Waals surface area contributed by atoms with Crippen molar-refractivity contribution >= 4 is 41.3 Å². The lowest BCUT2D eigenvalue weighted by atomic mass is 10.2. The first kappa shape index (κ1) is 18.2. The molecule has 1 aliphatic heterocycles. The number of hydrogen-bond acceptors (Lipinski definition) is 4. The Morgan fingerprint density at radius 3 is 2.83 bits per heavy atom. The monoisotopic (exact) mass is 446 g/mol. The fourth-order valence-corrected chi connectivity index (χ4v) is 3.46. The molecule has 0 saturated heterocycles. The summed E-state index contributed by atoms with van der Waals surface area (Å²) in [6.45, 7) is 4.59. The number of guanidine groups is 1. The maximum Gasteiger partial charge on any atom is 0.191 e. The Morgan fingerprint density at radius 1 is 1.26 bits per heavy atom. The van der Waals surface area contributed by atoms with Crippen LogP contribution in [0.4, 0.5) is 0 Å². The van der Waals surface area contributed by atoms with Gasteiger partial charge in [0.1, 0.15) is 5.82 Å². The molecule has 0 spiro atoms. The third-order valence-electron chi connectivity index (χ3n) is 3.80. The predicted molar refractivity (Wildman–Crippen MR) is 104 cm³/mol. The van der Waals surface area contributed by atoms with Crippen LogP contribution in [0.5, 0.6) is 0 Å². The molecule has 0 aliphatic carbocycles. The van der Waals surface area contributed by atoms with Crippen molar-refractivity contribution in [2.45, 2.75) is 45.8 Å². The maximum atomic E-state index is 4.30. The van der Waals surface area contributed by atoms with Crippen molar-refractivity contribution in [2.24, 2.45) is 4.99 Å². The highest BCUT2D eigenvalue weighted by Crippen LogP contribution is 2.15. The topological polar surface area (TPSA) is 67.1 Å². The molecule has 2 N–H and O–H groups in total. The molecule has 0 saturated carbocycles. The van der Waals surface area contributed by atoms with Crippen LogP contribution in [0.2, 0.25) is 0 Å². The molecular weight excluding hydrogens is 423 g/mol. The number of fused-ring (bicyclic) bond motifs is 1. The van der Waals surface area contributed by atoms with E-state index < -0.39 is 0 Å². The summed E-state index contributed by atoms with van der Waals surface area (Å²) in [6, 6.07) is 4.29. The smallest absolute Gasteiger partial charge is 0.191 e. The summed E-state index contributed by atoms with van der Waals surface area (Å²) in [5.41, 5.74) is 0. The van der Waals surface area contributed by atoms with Gasteiger partial charge in [-0.1, -0.05) is 0 Å². The van der Waals surface area contributed by atoms with Crippen molar-refractivity contribution in [3.8, 4) is 0 Å². The summed E-state index contributed by atoms with van der Waals surface area (Å²) in [4.78, 5) is 6.90. The van der Waals surface area contributed by atoms with E-state index >= 15 is 0 Å². The summed E-state index contributed by atoms with van der Waals surface area (Å²) in [6.07, 6.45) is 3.47. The lowest BCUT2D eigenvalue weighted by Crippen LogP contribution is -2.37. The quantitative estimate of drug-likeness (QED) is 0.430. The van der Waals surface area contributed by atoms with Gasteiger partial charge in [-0.2, -0.15) is 0 Å². The lowest BCUT2D eigenvalue weighted by molar-refractivity contribution is 0.504. The van der Waals surface area contributed by atoms with Gasteiger partial charge in [-0.25, -0.2) is 0 Å². The molecule has 0 unspecified atom stereocenters. The van der Waals surface area contributed by atoms with E-state index in [4.69, 9.17) is 0 Å². The minimum atomic E-state index is 0. The Bertz CT molecular complexity index is 663. The fraction of sp³-hybridized carbons (Fsp3) is 0.533. The highest BCUT2D eigenvalue weighted by Gasteiger charge is 2.15. The van der Waals surface area contributed by atoms with Crippen molar-refractivity contribution in [3.05, 3.63) is 33.5 Å². The maximum absolute atomic E-state index is 4.30. The van der Waals surface area contributed by atoms with Crippen LogP contribution in [-0.2, 0) is 26.1 Å². The molecule has 2 aromatic heterocycles. The predicted octanol–water partition coefficient (Wildman–Crippen LogP) is 2.47. The second-order valence-electron chi connectivity index (χ2n) is 5.43. The number of nitrogens with zero attached hydrogens (tertiary/aromatic N) is 4. The molecule has 0 atom stereocenters. The molecule has 3 rings (SSSR count). The Morgan fingerprint density at radius 2 is 2.09 bits per heavy atom. The van der Waals surface area contributed by atoms with E-state index in [2.05, 4.69) is 49.4 Å². The van der Waals surface area contributed by atoms with E-state index in [0.29, 0.717) is 6.54 Å². The number of halogens is 1. The number of rotatable bonds is 4. The minimum absolute atomic E-state index is 0. The van der Waals surface area contributed by atoms with Crippen LogP contribution in [0.25, 0.3) is 0 Å².